The van der Waals surface area contributed by atoms with Crippen molar-refractivity contribution in [1.82, 2.24) is 25.0 Å². The van der Waals surface area contributed by atoms with E-state index in [1.54, 1.807) is 4.68 Å². The van der Waals surface area contributed by atoms with Crippen molar-refractivity contribution in [1.29, 1.82) is 0 Å². The first-order valence-electron chi connectivity index (χ1n) is 8.83. The first-order valence-corrected chi connectivity index (χ1v) is 8.83. The van der Waals surface area contributed by atoms with Crippen molar-refractivity contribution in [3.8, 4) is 17.3 Å². The van der Waals surface area contributed by atoms with Crippen LogP contribution in [0.25, 0.3) is 11.5 Å². The second-order valence-electron chi connectivity index (χ2n) is 6.33. The monoisotopic (exact) mass is 368 g/mol. The second kappa shape index (κ2) is 8.59. The van der Waals surface area contributed by atoms with Crippen molar-refractivity contribution in [3.05, 3.63) is 47.8 Å². The Balaban J connectivity index is 1.78. The van der Waals surface area contributed by atoms with Gasteiger partial charge in [-0.3, -0.25) is 0 Å². The molecule has 1 N–H and O–H groups in total. The number of para-hydroxylation sites is 1. The molecule has 3 aromatic rings. The molecule has 27 heavy (non-hydrogen) atoms. The maximum atomic E-state index is 9.20. The van der Waals surface area contributed by atoms with E-state index in [1.165, 1.54) is 0 Å². The van der Waals surface area contributed by atoms with Gasteiger partial charge < -0.3 is 14.7 Å². The Morgan fingerprint density at radius 1 is 1.11 bits per heavy atom. The van der Waals surface area contributed by atoms with Crippen LogP contribution in [0.1, 0.15) is 11.4 Å². The summed E-state index contributed by atoms with van der Waals surface area (Å²) in [5, 5.41) is 22.1. The van der Waals surface area contributed by atoms with E-state index in [4.69, 9.17) is 4.74 Å². The number of aliphatic hydroxyl groups is 1. The van der Waals surface area contributed by atoms with Crippen molar-refractivity contribution >= 4 is 5.82 Å². The summed E-state index contributed by atoms with van der Waals surface area (Å²) in [6.45, 7) is 2.97. The Morgan fingerprint density at radius 2 is 1.93 bits per heavy atom. The predicted molar refractivity (Wildman–Crippen MR) is 103 cm³/mol. The molecule has 0 radical (unpaired) electrons. The van der Waals surface area contributed by atoms with E-state index in [0.717, 1.165) is 17.1 Å². The fourth-order valence-corrected chi connectivity index (χ4v) is 2.58. The van der Waals surface area contributed by atoms with E-state index >= 15 is 0 Å². The van der Waals surface area contributed by atoms with E-state index in [2.05, 4.69) is 20.3 Å². The van der Waals surface area contributed by atoms with Crippen molar-refractivity contribution in [2.45, 2.75) is 19.9 Å². The fraction of sp³-hybridized carbons (Fsp3) is 0.368. The van der Waals surface area contributed by atoms with Crippen LogP contribution in [-0.2, 0) is 13.0 Å². The molecule has 142 valence electrons. The third-order valence-corrected chi connectivity index (χ3v) is 4.04. The first kappa shape index (κ1) is 18.8. The van der Waals surface area contributed by atoms with Gasteiger partial charge in [0.25, 0.3) is 0 Å². The highest BCUT2D eigenvalue weighted by Crippen LogP contribution is 2.18. The van der Waals surface area contributed by atoms with Crippen molar-refractivity contribution in [2.24, 2.45) is 0 Å². The second-order valence-corrected chi connectivity index (χ2v) is 6.33. The molecule has 0 aliphatic carbocycles. The SMILES string of the molecule is Cc1ccccc1OCCn1nc(CCO)nc1-c1ccc(N(C)C)nn1. The number of aliphatic hydroxyl groups excluding tert-OH is 1. The number of aromatic nitrogens is 5. The minimum Gasteiger partial charge on any atom is -0.491 e. The molecule has 0 saturated carbocycles. The zero-order valence-corrected chi connectivity index (χ0v) is 15.8. The van der Waals surface area contributed by atoms with Crippen molar-refractivity contribution in [3.63, 3.8) is 0 Å². The first-order chi connectivity index (χ1) is 13.1. The van der Waals surface area contributed by atoms with Crippen LogP contribution >= 0.6 is 0 Å². The van der Waals surface area contributed by atoms with Crippen LogP contribution in [0.5, 0.6) is 5.75 Å². The summed E-state index contributed by atoms with van der Waals surface area (Å²) >= 11 is 0. The number of nitrogens with zero attached hydrogens (tertiary/aromatic N) is 6. The maximum Gasteiger partial charge on any atom is 0.179 e. The van der Waals surface area contributed by atoms with Gasteiger partial charge in [0.15, 0.2) is 17.5 Å². The molecule has 0 saturated heterocycles. The normalized spacial score (nSPS) is 10.8. The molecule has 2 heterocycles. The Morgan fingerprint density at radius 3 is 2.59 bits per heavy atom. The lowest BCUT2D eigenvalue weighted by Crippen LogP contribution is -2.13. The van der Waals surface area contributed by atoms with Crippen LogP contribution in [0.2, 0.25) is 0 Å². The minimum absolute atomic E-state index is 0.00555. The molecule has 0 atom stereocenters. The number of ether oxygens (including phenoxy) is 1. The van der Waals surface area contributed by atoms with Crippen molar-refractivity contribution < 1.29 is 9.84 Å². The number of aryl methyl sites for hydroxylation is 1. The lowest BCUT2D eigenvalue weighted by atomic mass is 10.2. The summed E-state index contributed by atoms with van der Waals surface area (Å²) in [5.41, 5.74) is 1.72. The Kier molecular flexibility index (Phi) is 5.97. The van der Waals surface area contributed by atoms with E-state index in [0.29, 0.717) is 36.9 Å². The number of benzene rings is 1. The molecule has 0 fully saturated rings. The Hall–Kier alpha value is -3.00. The van der Waals surface area contributed by atoms with E-state index in [9.17, 15) is 5.11 Å². The standard InChI is InChI=1S/C19H24N6O2/c1-14-6-4-5-7-16(14)27-13-11-25-19(20-17(23-25)10-12-26)15-8-9-18(22-21-15)24(2)3/h4-9,26H,10-13H2,1-3H3. The van der Waals surface area contributed by atoms with Gasteiger partial charge in [0.05, 0.1) is 13.2 Å². The molecule has 0 spiro atoms. The molecule has 0 unspecified atom stereocenters. The highest BCUT2D eigenvalue weighted by Gasteiger charge is 2.14. The predicted octanol–water partition coefficient (Wildman–Crippen LogP) is 1.72. The third-order valence-electron chi connectivity index (χ3n) is 4.04. The molecular formula is C19H24N6O2. The lowest BCUT2D eigenvalue weighted by molar-refractivity contribution is 0.287. The van der Waals surface area contributed by atoms with Gasteiger partial charge in [0.2, 0.25) is 0 Å². The molecule has 0 amide bonds. The lowest BCUT2D eigenvalue weighted by Gasteiger charge is -2.11. The van der Waals surface area contributed by atoms with Gasteiger partial charge in [-0.25, -0.2) is 9.67 Å². The average Bonchev–Trinajstić information content (AvgIpc) is 3.06. The summed E-state index contributed by atoms with van der Waals surface area (Å²) in [5.74, 6) is 2.81. The van der Waals surface area contributed by atoms with Crippen LogP contribution < -0.4 is 9.64 Å². The summed E-state index contributed by atoms with van der Waals surface area (Å²) < 4.78 is 7.62. The fourth-order valence-electron chi connectivity index (χ4n) is 2.58. The molecule has 0 aliphatic heterocycles. The molecule has 2 aromatic heterocycles. The van der Waals surface area contributed by atoms with Crippen LogP contribution in [-0.4, -0.2) is 57.4 Å². The zero-order valence-electron chi connectivity index (χ0n) is 15.8. The quantitative estimate of drug-likeness (QED) is 0.647. The molecule has 0 bridgehead atoms. The summed E-state index contributed by atoms with van der Waals surface area (Å²) in [4.78, 5) is 6.39. The summed E-state index contributed by atoms with van der Waals surface area (Å²) in [7, 11) is 3.82. The Bertz CT molecular complexity index is 876. The van der Waals surface area contributed by atoms with Gasteiger partial charge in [0.1, 0.15) is 18.1 Å². The van der Waals surface area contributed by atoms with Crippen LogP contribution in [0, 0.1) is 6.92 Å². The van der Waals surface area contributed by atoms with Crippen LogP contribution in [0.3, 0.4) is 0 Å². The largest absolute Gasteiger partial charge is 0.491 e. The van der Waals surface area contributed by atoms with Gasteiger partial charge in [-0.2, -0.15) is 5.10 Å². The van der Waals surface area contributed by atoms with E-state index in [-0.39, 0.29) is 6.61 Å². The van der Waals surface area contributed by atoms with Gasteiger partial charge in [0, 0.05) is 20.5 Å². The van der Waals surface area contributed by atoms with Crippen LogP contribution in [0.15, 0.2) is 36.4 Å². The van der Waals surface area contributed by atoms with Gasteiger partial charge in [-0.05, 0) is 30.7 Å². The topological polar surface area (TPSA) is 89.2 Å². The van der Waals surface area contributed by atoms with E-state index < -0.39 is 0 Å². The third kappa shape index (κ3) is 4.59. The number of rotatable bonds is 8. The average molecular weight is 368 g/mol. The van der Waals surface area contributed by atoms with Crippen LogP contribution in [0.4, 0.5) is 5.82 Å². The molecular weight excluding hydrogens is 344 g/mol. The Labute approximate surface area is 158 Å². The molecule has 1 aromatic carbocycles. The molecule has 8 nitrogen and oxygen atoms in total. The van der Waals surface area contributed by atoms with Gasteiger partial charge in [-0.1, -0.05) is 18.2 Å². The van der Waals surface area contributed by atoms with Gasteiger partial charge >= 0.3 is 0 Å². The minimum atomic E-state index is -0.00555. The molecule has 3 rings (SSSR count). The summed E-state index contributed by atoms with van der Waals surface area (Å²) in [6, 6.07) is 11.6. The molecule has 0 aliphatic rings. The highest BCUT2D eigenvalue weighted by molar-refractivity contribution is 5.51. The maximum absolute atomic E-state index is 9.20. The smallest absolute Gasteiger partial charge is 0.179 e. The summed E-state index contributed by atoms with van der Waals surface area (Å²) in [6.07, 6.45) is 0.391. The highest BCUT2D eigenvalue weighted by atomic mass is 16.5. The van der Waals surface area contributed by atoms with Crippen molar-refractivity contribution in [2.75, 3.05) is 32.2 Å². The number of hydrogen-bond donors (Lipinski definition) is 1. The zero-order chi connectivity index (χ0) is 19.2. The molecule has 8 heteroatoms. The number of anilines is 1. The number of hydrogen-bond acceptors (Lipinski definition) is 7. The van der Waals surface area contributed by atoms with E-state index in [1.807, 2.05) is 62.3 Å². The van der Waals surface area contributed by atoms with Gasteiger partial charge in [-0.15, -0.1) is 10.2 Å².